The van der Waals surface area contributed by atoms with Gasteiger partial charge in [0.15, 0.2) is 0 Å². The van der Waals surface area contributed by atoms with Crippen molar-refractivity contribution in [2.45, 2.75) is 6.42 Å². The second kappa shape index (κ2) is 3.28. The summed E-state index contributed by atoms with van der Waals surface area (Å²) in [4.78, 5) is 4.06. The van der Waals surface area contributed by atoms with Gasteiger partial charge in [0.1, 0.15) is 0 Å². The number of fused-ring (bicyclic) bond motifs is 1. The summed E-state index contributed by atoms with van der Waals surface area (Å²) in [6, 6.07) is 8.11. The van der Waals surface area contributed by atoms with Crippen LogP contribution in [0.2, 0.25) is 0 Å². The van der Waals surface area contributed by atoms with Crippen LogP contribution in [0.3, 0.4) is 0 Å². The molecule has 1 nitrogen and oxygen atoms in total. The topological polar surface area (TPSA) is 12.9 Å². The average molecular weight is 167 g/mol. The number of hydrogen-bond acceptors (Lipinski definition) is 1. The minimum Gasteiger partial charge on any atom is -0.264 e. The quantitative estimate of drug-likeness (QED) is 0.594. The lowest BCUT2D eigenvalue weighted by Gasteiger charge is -2.01. The third-order valence-electron chi connectivity index (χ3n) is 2.06. The second-order valence-electron chi connectivity index (χ2n) is 2.89. The van der Waals surface area contributed by atoms with Gasteiger partial charge in [-0.05, 0) is 17.0 Å². The minimum absolute atomic E-state index is 0.682. The van der Waals surface area contributed by atoms with Crippen molar-refractivity contribution in [1.29, 1.82) is 0 Å². The molecule has 0 fully saturated rings. The Morgan fingerprint density at radius 3 is 3.08 bits per heavy atom. The lowest BCUT2D eigenvalue weighted by Crippen LogP contribution is -1.84. The molecule has 2 aromatic rings. The van der Waals surface area contributed by atoms with E-state index < -0.39 is 0 Å². The number of nitrogens with zero attached hydrogens (tertiary/aromatic N) is 1. The van der Waals surface area contributed by atoms with E-state index in [9.17, 15) is 0 Å². The zero-order chi connectivity index (χ0) is 9.10. The van der Waals surface area contributed by atoms with Crippen LogP contribution in [0.1, 0.15) is 5.56 Å². The Kier molecular flexibility index (Phi) is 1.97. The van der Waals surface area contributed by atoms with Crippen molar-refractivity contribution in [3.8, 4) is 12.3 Å². The zero-order valence-corrected chi connectivity index (χ0v) is 7.20. The molecule has 0 aliphatic heterocycles. The standard InChI is InChI=1S/C12H9N/c1-2-4-10-5-3-6-11-9-13-8-7-12(10)11/h1,3,5-9H,4H2. The van der Waals surface area contributed by atoms with Crippen molar-refractivity contribution in [3.05, 3.63) is 42.2 Å². The Hall–Kier alpha value is -1.81. The predicted molar refractivity (Wildman–Crippen MR) is 54.3 cm³/mol. The van der Waals surface area contributed by atoms with Crippen molar-refractivity contribution in [3.63, 3.8) is 0 Å². The highest BCUT2D eigenvalue weighted by Gasteiger charge is 1.97. The fourth-order valence-electron chi connectivity index (χ4n) is 1.45. The molecule has 62 valence electrons. The monoisotopic (exact) mass is 167 g/mol. The second-order valence-corrected chi connectivity index (χ2v) is 2.89. The molecule has 0 saturated carbocycles. The first-order valence-corrected chi connectivity index (χ1v) is 4.17. The van der Waals surface area contributed by atoms with E-state index in [1.54, 1.807) is 6.20 Å². The smallest absolute Gasteiger partial charge is 0.0346 e. The lowest BCUT2D eigenvalue weighted by molar-refractivity contribution is 1.32. The van der Waals surface area contributed by atoms with Gasteiger partial charge in [-0.2, -0.15) is 0 Å². The van der Waals surface area contributed by atoms with Crippen molar-refractivity contribution >= 4 is 10.8 Å². The van der Waals surface area contributed by atoms with Crippen LogP contribution >= 0.6 is 0 Å². The van der Waals surface area contributed by atoms with Crippen LogP contribution in [-0.4, -0.2) is 4.98 Å². The van der Waals surface area contributed by atoms with Gasteiger partial charge in [0.05, 0.1) is 0 Å². The van der Waals surface area contributed by atoms with Gasteiger partial charge in [-0.15, -0.1) is 12.3 Å². The van der Waals surface area contributed by atoms with E-state index in [-0.39, 0.29) is 0 Å². The van der Waals surface area contributed by atoms with Crippen molar-refractivity contribution in [2.24, 2.45) is 0 Å². The minimum atomic E-state index is 0.682. The molecule has 0 bridgehead atoms. The Labute approximate surface area is 77.4 Å². The van der Waals surface area contributed by atoms with Gasteiger partial charge in [-0.25, -0.2) is 0 Å². The van der Waals surface area contributed by atoms with Gasteiger partial charge in [-0.1, -0.05) is 18.2 Å². The molecule has 0 spiro atoms. The molecule has 1 aromatic heterocycles. The molecular weight excluding hydrogens is 158 g/mol. The largest absolute Gasteiger partial charge is 0.264 e. The first-order valence-electron chi connectivity index (χ1n) is 4.17. The van der Waals surface area contributed by atoms with Gasteiger partial charge < -0.3 is 0 Å². The Morgan fingerprint density at radius 2 is 2.23 bits per heavy atom. The highest BCUT2D eigenvalue weighted by atomic mass is 14.6. The van der Waals surface area contributed by atoms with Gasteiger partial charge in [0.2, 0.25) is 0 Å². The number of benzene rings is 1. The first kappa shape index (κ1) is 7.82. The van der Waals surface area contributed by atoms with Gasteiger partial charge in [0.25, 0.3) is 0 Å². The number of pyridine rings is 1. The maximum atomic E-state index is 5.29. The molecule has 1 aromatic carbocycles. The summed E-state index contributed by atoms with van der Waals surface area (Å²) in [7, 11) is 0. The highest BCUT2D eigenvalue weighted by molar-refractivity contribution is 5.84. The van der Waals surface area contributed by atoms with Crippen LogP contribution in [0.15, 0.2) is 36.7 Å². The van der Waals surface area contributed by atoms with Crippen LogP contribution in [0, 0.1) is 12.3 Å². The number of terminal acetylenes is 1. The van der Waals surface area contributed by atoms with E-state index in [4.69, 9.17) is 6.42 Å². The van der Waals surface area contributed by atoms with E-state index in [1.165, 1.54) is 10.9 Å². The van der Waals surface area contributed by atoms with Crippen LogP contribution in [0.25, 0.3) is 10.8 Å². The van der Waals surface area contributed by atoms with Crippen LogP contribution in [0.4, 0.5) is 0 Å². The fourth-order valence-corrected chi connectivity index (χ4v) is 1.45. The maximum absolute atomic E-state index is 5.29. The Morgan fingerprint density at radius 1 is 1.31 bits per heavy atom. The van der Waals surface area contributed by atoms with Crippen molar-refractivity contribution < 1.29 is 0 Å². The third kappa shape index (κ3) is 1.39. The number of aromatic nitrogens is 1. The molecule has 0 atom stereocenters. The molecule has 0 amide bonds. The summed E-state index contributed by atoms with van der Waals surface area (Å²) in [5.74, 6) is 2.66. The molecule has 0 radical (unpaired) electrons. The van der Waals surface area contributed by atoms with E-state index in [0.717, 1.165) is 5.39 Å². The summed E-state index contributed by atoms with van der Waals surface area (Å²) in [5.41, 5.74) is 1.20. The van der Waals surface area contributed by atoms with Gasteiger partial charge >= 0.3 is 0 Å². The molecule has 0 saturated heterocycles. The maximum Gasteiger partial charge on any atom is 0.0346 e. The number of rotatable bonds is 1. The summed E-state index contributed by atoms with van der Waals surface area (Å²) < 4.78 is 0. The molecule has 1 heterocycles. The van der Waals surface area contributed by atoms with Gasteiger partial charge in [-0.3, -0.25) is 4.98 Å². The van der Waals surface area contributed by atoms with E-state index in [2.05, 4.69) is 17.0 Å². The molecular formula is C12H9N. The Balaban J connectivity index is 2.70. The average Bonchev–Trinajstić information content (AvgIpc) is 2.19. The molecule has 0 unspecified atom stereocenters. The van der Waals surface area contributed by atoms with Crippen LogP contribution in [-0.2, 0) is 6.42 Å². The predicted octanol–water partition coefficient (Wildman–Crippen LogP) is 2.41. The van der Waals surface area contributed by atoms with E-state index >= 15 is 0 Å². The SMILES string of the molecule is C#CCc1cccc2cnccc12. The normalized spacial score (nSPS) is 9.77. The van der Waals surface area contributed by atoms with E-state index in [0.29, 0.717) is 6.42 Å². The highest BCUT2D eigenvalue weighted by Crippen LogP contribution is 2.17. The van der Waals surface area contributed by atoms with Gasteiger partial charge in [0, 0.05) is 24.2 Å². The first-order chi connectivity index (χ1) is 6.42. The van der Waals surface area contributed by atoms with Crippen LogP contribution < -0.4 is 0 Å². The summed E-state index contributed by atoms with van der Waals surface area (Å²) in [5, 5.41) is 2.35. The number of hydrogen-bond donors (Lipinski definition) is 0. The van der Waals surface area contributed by atoms with E-state index in [1.807, 2.05) is 24.4 Å². The van der Waals surface area contributed by atoms with Crippen molar-refractivity contribution in [1.82, 2.24) is 4.98 Å². The fraction of sp³-hybridized carbons (Fsp3) is 0.0833. The summed E-state index contributed by atoms with van der Waals surface area (Å²) >= 11 is 0. The molecule has 1 heteroatoms. The third-order valence-corrected chi connectivity index (χ3v) is 2.06. The lowest BCUT2D eigenvalue weighted by atomic mass is 10.0. The molecule has 0 aliphatic rings. The molecule has 0 N–H and O–H groups in total. The zero-order valence-electron chi connectivity index (χ0n) is 7.20. The van der Waals surface area contributed by atoms with Crippen LogP contribution in [0.5, 0.6) is 0 Å². The Bertz CT molecular complexity index is 461. The summed E-state index contributed by atoms with van der Waals surface area (Å²) in [6.07, 6.45) is 9.62. The molecule has 13 heavy (non-hydrogen) atoms. The summed E-state index contributed by atoms with van der Waals surface area (Å²) in [6.45, 7) is 0. The molecule has 2 rings (SSSR count). The van der Waals surface area contributed by atoms with Crippen molar-refractivity contribution in [2.75, 3.05) is 0 Å². The molecule has 0 aliphatic carbocycles.